The predicted molar refractivity (Wildman–Crippen MR) is 97.7 cm³/mol. The summed E-state index contributed by atoms with van der Waals surface area (Å²) in [5, 5.41) is 5.93. The zero-order chi connectivity index (χ0) is 18.5. The van der Waals surface area contributed by atoms with Gasteiger partial charge in [-0.05, 0) is 36.5 Å². The summed E-state index contributed by atoms with van der Waals surface area (Å²) >= 11 is 0. The molecule has 2 saturated heterocycles. The number of piperazine rings is 1. The van der Waals surface area contributed by atoms with E-state index < -0.39 is 6.04 Å². The van der Waals surface area contributed by atoms with E-state index >= 15 is 0 Å². The van der Waals surface area contributed by atoms with Crippen LogP contribution >= 0.6 is 0 Å². The topological polar surface area (TPSA) is 81.8 Å². The molecule has 0 aromatic heterocycles. The van der Waals surface area contributed by atoms with Gasteiger partial charge in [0.05, 0.1) is 0 Å². The second-order valence-corrected chi connectivity index (χ2v) is 8.07. The van der Waals surface area contributed by atoms with Crippen molar-refractivity contribution in [1.82, 2.24) is 20.4 Å². The maximum Gasteiger partial charge on any atom is 0.255 e. The summed E-state index contributed by atoms with van der Waals surface area (Å²) in [6.07, 6.45) is 3.21. The van der Waals surface area contributed by atoms with Gasteiger partial charge < -0.3 is 10.2 Å². The Balaban J connectivity index is 1.32. The highest BCUT2D eigenvalue weighted by Crippen LogP contribution is 2.31. The first-order valence-electron chi connectivity index (χ1n) is 9.84. The average molecular weight is 368 g/mol. The number of amides is 3. The predicted octanol–water partition coefficient (Wildman–Crippen LogP) is 0.384. The lowest BCUT2D eigenvalue weighted by atomic mass is 9.83. The lowest BCUT2D eigenvalue weighted by Gasteiger charge is -2.49. The molecule has 3 atom stereocenters. The van der Waals surface area contributed by atoms with Crippen LogP contribution in [0.1, 0.15) is 47.2 Å². The first kappa shape index (κ1) is 16.9. The smallest absolute Gasteiger partial charge is 0.255 e. The van der Waals surface area contributed by atoms with E-state index in [-0.39, 0.29) is 24.1 Å². The number of carbonyl (C=O) groups excluding carboxylic acids is 3. The number of nitrogens with zero attached hydrogens (tertiary/aromatic N) is 2. The van der Waals surface area contributed by atoms with Gasteiger partial charge in [0.25, 0.3) is 5.91 Å². The van der Waals surface area contributed by atoms with Crippen molar-refractivity contribution < 1.29 is 14.4 Å². The molecule has 27 heavy (non-hydrogen) atoms. The summed E-state index contributed by atoms with van der Waals surface area (Å²) in [5.41, 5.74) is 2.90. The van der Waals surface area contributed by atoms with Crippen LogP contribution in [0, 0.1) is 0 Å². The van der Waals surface area contributed by atoms with Crippen molar-refractivity contribution in [2.75, 3.05) is 13.1 Å². The van der Waals surface area contributed by atoms with E-state index in [0.29, 0.717) is 30.6 Å². The van der Waals surface area contributed by atoms with Gasteiger partial charge in [-0.2, -0.15) is 0 Å². The Kier molecular flexibility index (Phi) is 4.02. The first-order chi connectivity index (χ1) is 13.1. The summed E-state index contributed by atoms with van der Waals surface area (Å²) in [6, 6.07) is 6.79. The molecule has 0 bridgehead atoms. The molecular formula is C20H24N4O3. The number of carbonyl (C=O) groups is 3. The van der Waals surface area contributed by atoms with Gasteiger partial charge in [-0.15, -0.1) is 0 Å². The van der Waals surface area contributed by atoms with Crippen molar-refractivity contribution in [3.63, 3.8) is 0 Å². The zero-order valence-corrected chi connectivity index (χ0v) is 15.2. The summed E-state index contributed by atoms with van der Waals surface area (Å²) in [4.78, 5) is 40.5. The van der Waals surface area contributed by atoms with Gasteiger partial charge in [-0.1, -0.05) is 12.1 Å². The molecule has 2 N–H and O–H groups in total. The molecule has 0 spiro atoms. The van der Waals surface area contributed by atoms with Gasteiger partial charge in [0.15, 0.2) is 0 Å². The zero-order valence-electron chi connectivity index (χ0n) is 15.2. The molecule has 1 aromatic carbocycles. The number of nitrogens with one attached hydrogen (secondary N) is 2. The Morgan fingerprint density at radius 1 is 1.11 bits per heavy atom. The Labute approximate surface area is 158 Å². The van der Waals surface area contributed by atoms with Crippen LogP contribution in [0.15, 0.2) is 18.2 Å². The molecule has 3 unspecified atom stereocenters. The van der Waals surface area contributed by atoms with E-state index in [2.05, 4.69) is 21.6 Å². The van der Waals surface area contributed by atoms with E-state index in [4.69, 9.17) is 0 Å². The van der Waals surface area contributed by atoms with Gasteiger partial charge in [-0.25, -0.2) is 0 Å². The van der Waals surface area contributed by atoms with Crippen LogP contribution in [0.25, 0.3) is 0 Å². The summed E-state index contributed by atoms with van der Waals surface area (Å²) in [7, 11) is 0. The molecule has 4 aliphatic rings. The standard InChI is InChI=1S/C20H24N4O3/c25-18-6-5-17(19(26)22-18)24-11-13-9-12(1-2-14(13)20(24)27)10-23-8-7-21-15-3-4-16(15)23/h1-2,9,15-17,21H,3-8,10-11H2,(H,22,25,26). The molecule has 3 amide bonds. The van der Waals surface area contributed by atoms with E-state index in [0.717, 1.165) is 25.2 Å². The van der Waals surface area contributed by atoms with E-state index in [1.165, 1.54) is 18.4 Å². The fraction of sp³-hybridized carbons (Fsp3) is 0.550. The Morgan fingerprint density at radius 3 is 2.78 bits per heavy atom. The number of imide groups is 1. The van der Waals surface area contributed by atoms with Gasteiger partial charge >= 0.3 is 0 Å². The lowest BCUT2D eigenvalue weighted by Crippen LogP contribution is -2.62. The van der Waals surface area contributed by atoms with Crippen molar-refractivity contribution in [2.45, 2.75) is 56.9 Å². The van der Waals surface area contributed by atoms with Gasteiger partial charge in [0.1, 0.15) is 6.04 Å². The van der Waals surface area contributed by atoms with E-state index in [1.54, 1.807) is 4.90 Å². The molecule has 3 fully saturated rings. The fourth-order valence-corrected chi connectivity index (χ4v) is 4.87. The molecule has 0 radical (unpaired) electrons. The fourth-order valence-electron chi connectivity index (χ4n) is 4.87. The number of hydrogen-bond acceptors (Lipinski definition) is 5. The number of piperidine rings is 1. The minimum absolute atomic E-state index is 0.104. The third-order valence-corrected chi connectivity index (χ3v) is 6.49. The molecule has 3 heterocycles. The third-order valence-electron chi connectivity index (χ3n) is 6.49. The normalized spacial score (nSPS) is 30.6. The average Bonchev–Trinajstić information content (AvgIpc) is 2.93. The second kappa shape index (κ2) is 6.42. The molecule has 142 valence electrons. The van der Waals surface area contributed by atoms with Gasteiger partial charge in [0, 0.05) is 50.2 Å². The third kappa shape index (κ3) is 2.85. The van der Waals surface area contributed by atoms with Crippen LogP contribution in [-0.2, 0) is 22.7 Å². The van der Waals surface area contributed by atoms with Gasteiger partial charge in [-0.3, -0.25) is 24.6 Å². The molecule has 7 heteroatoms. The van der Waals surface area contributed by atoms with E-state index in [1.807, 2.05) is 12.1 Å². The van der Waals surface area contributed by atoms with Crippen LogP contribution in [-0.4, -0.2) is 58.7 Å². The highest BCUT2D eigenvalue weighted by molar-refractivity contribution is 6.05. The quantitative estimate of drug-likeness (QED) is 0.754. The van der Waals surface area contributed by atoms with Crippen molar-refractivity contribution in [1.29, 1.82) is 0 Å². The molecular weight excluding hydrogens is 344 g/mol. The van der Waals surface area contributed by atoms with E-state index in [9.17, 15) is 14.4 Å². The van der Waals surface area contributed by atoms with Crippen LogP contribution in [0.3, 0.4) is 0 Å². The largest absolute Gasteiger partial charge is 0.322 e. The van der Waals surface area contributed by atoms with Crippen LogP contribution in [0.5, 0.6) is 0 Å². The maximum absolute atomic E-state index is 12.8. The van der Waals surface area contributed by atoms with Crippen molar-refractivity contribution >= 4 is 17.7 Å². The number of hydrogen-bond donors (Lipinski definition) is 2. The summed E-state index contributed by atoms with van der Waals surface area (Å²) in [6.45, 7) is 3.44. The molecule has 5 rings (SSSR count). The summed E-state index contributed by atoms with van der Waals surface area (Å²) < 4.78 is 0. The molecule has 3 aliphatic heterocycles. The van der Waals surface area contributed by atoms with Crippen molar-refractivity contribution in [2.24, 2.45) is 0 Å². The molecule has 1 saturated carbocycles. The minimum atomic E-state index is -0.546. The Hall–Kier alpha value is -2.25. The van der Waals surface area contributed by atoms with Crippen LogP contribution in [0.2, 0.25) is 0 Å². The molecule has 7 nitrogen and oxygen atoms in total. The number of benzene rings is 1. The first-order valence-corrected chi connectivity index (χ1v) is 9.84. The number of rotatable bonds is 3. The Morgan fingerprint density at radius 2 is 2.00 bits per heavy atom. The van der Waals surface area contributed by atoms with Crippen molar-refractivity contribution in [3.05, 3.63) is 34.9 Å². The van der Waals surface area contributed by atoms with Crippen molar-refractivity contribution in [3.8, 4) is 0 Å². The monoisotopic (exact) mass is 368 g/mol. The van der Waals surface area contributed by atoms with Gasteiger partial charge in [0.2, 0.25) is 11.8 Å². The van der Waals surface area contributed by atoms with Crippen LogP contribution < -0.4 is 10.6 Å². The summed E-state index contributed by atoms with van der Waals surface area (Å²) in [5.74, 6) is -0.718. The Bertz CT molecular complexity index is 823. The number of fused-ring (bicyclic) bond motifs is 2. The minimum Gasteiger partial charge on any atom is -0.322 e. The maximum atomic E-state index is 12.8. The highest BCUT2D eigenvalue weighted by Gasteiger charge is 2.40. The molecule has 1 aromatic rings. The van der Waals surface area contributed by atoms with Crippen LogP contribution in [0.4, 0.5) is 0 Å². The highest BCUT2D eigenvalue weighted by atomic mass is 16.2. The SMILES string of the molecule is O=C1CCC(N2Cc3cc(CN4CCNC5CCC54)ccc3C2=O)C(=O)N1. The second-order valence-electron chi connectivity index (χ2n) is 8.07. The lowest BCUT2D eigenvalue weighted by molar-refractivity contribution is -0.136. The molecule has 1 aliphatic carbocycles.